The first-order chi connectivity index (χ1) is 10.7. The fourth-order valence-corrected chi connectivity index (χ4v) is 2.69. The van der Waals surface area contributed by atoms with Crippen molar-refractivity contribution in [3.05, 3.63) is 30.1 Å². The van der Waals surface area contributed by atoms with E-state index in [1.807, 2.05) is 31.2 Å². The van der Waals surface area contributed by atoms with Gasteiger partial charge < -0.3 is 10.4 Å². The van der Waals surface area contributed by atoms with Crippen molar-refractivity contribution in [3.63, 3.8) is 0 Å². The quantitative estimate of drug-likeness (QED) is 0.731. The summed E-state index contributed by atoms with van der Waals surface area (Å²) in [6.45, 7) is 5.05. The summed E-state index contributed by atoms with van der Waals surface area (Å²) in [7, 11) is 0. The normalized spacial score (nSPS) is 12.9. The van der Waals surface area contributed by atoms with E-state index in [-0.39, 0.29) is 6.61 Å². The van der Waals surface area contributed by atoms with Crippen LogP contribution in [0, 0.1) is 12.8 Å². The van der Waals surface area contributed by atoms with Crippen LogP contribution in [0.1, 0.15) is 25.6 Å². The number of hydrogen-bond donors (Lipinski definition) is 2. The van der Waals surface area contributed by atoms with Gasteiger partial charge in [0.25, 0.3) is 0 Å². The molecule has 1 atom stereocenters. The average Bonchev–Trinajstić information content (AvgIpc) is 2.92. The Bertz CT molecular complexity index is 783. The van der Waals surface area contributed by atoms with Crippen molar-refractivity contribution < 1.29 is 5.11 Å². The molecular weight excluding hydrogens is 278 g/mol. The molecule has 0 fully saturated rings. The Labute approximate surface area is 129 Å². The van der Waals surface area contributed by atoms with E-state index in [0.29, 0.717) is 5.92 Å². The Balaban J connectivity index is 2.01. The zero-order valence-corrected chi connectivity index (χ0v) is 13.0. The molecule has 22 heavy (non-hydrogen) atoms. The van der Waals surface area contributed by atoms with Crippen LogP contribution in [-0.4, -0.2) is 38.1 Å². The highest BCUT2D eigenvalue weighted by atomic mass is 16.3. The number of nitrogens with one attached hydrogen (secondary N) is 1. The van der Waals surface area contributed by atoms with Crippen LogP contribution in [0.25, 0.3) is 16.4 Å². The lowest BCUT2D eigenvalue weighted by Crippen LogP contribution is -2.16. The predicted octanol–water partition coefficient (Wildman–Crippen LogP) is 2.41. The maximum atomic E-state index is 9.12. The molecule has 0 aliphatic heterocycles. The third kappa shape index (κ3) is 2.62. The first-order valence-electron chi connectivity index (χ1n) is 7.70. The van der Waals surface area contributed by atoms with Gasteiger partial charge in [0.1, 0.15) is 0 Å². The SMILES string of the molecule is CCC(CCO)CNc1nn2c(C)nnc2c2ccccc12. The number of rotatable bonds is 6. The molecule has 0 aliphatic rings. The standard InChI is InChI=1S/C16H21N5O/c1-3-12(8-9-22)10-17-15-13-6-4-5-7-14(13)16-19-18-11(2)21(16)20-15/h4-7,12,22H,3,8-10H2,1-2H3,(H,17,20). The zero-order chi connectivity index (χ0) is 15.5. The summed E-state index contributed by atoms with van der Waals surface area (Å²) in [4.78, 5) is 0. The van der Waals surface area contributed by atoms with Gasteiger partial charge in [-0.3, -0.25) is 0 Å². The fraction of sp³-hybridized carbons (Fsp3) is 0.438. The molecule has 0 radical (unpaired) electrons. The molecule has 3 aromatic rings. The first kappa shape index (κ1) is 14.7. The van der Waals surface area contributed by atoms with Gasteiger partial charge in [-0.1, -0.05) is 37.6 Å². The molecule has 2 aromatic heterocycles. The highest BCUT2D eigenvalue weighted by molar-refractivity contribution is 5.99. The largest absolute Gasteiger partial charge is 0.396 e. The van der Waals surface area contributed by atoms with Gasteiger partial charge in [-0.25, -0.2) is 0 Å². The van der Waals surface area contributed by atoms with Crippen LogP contribution < -0.4 is 5.32 Å². The summed E-state index contributed by atoms with van der Waals surface area (Å²) in [5.74, 6) is 2.04. The van der Waals surface area contributed by atoms with E-state index < -0.39 is 0 Å². The fourth-order valence-electron chi connectivity index (χ4n) is 2.69. The Morgan fingerprint density at radius 2 is 2.00 bits per heavy atom. The van der Waals surface area contributed by atoms with Crippen LogP contribution in [0.4, 0.5) is 5.82 Å². The molecule has 2 heterocycles. The molecule has 0 spiro atoms. The Kier molecular flexibility index (Phi) is 4.20. The summed E-state index contributed by atoms with van der Waals surface area (Å²) in [6.07, 6.45) is 1.83. The van der Waals surface area contributed by atoms with Gasteiger partial charge in [0.2, 0.25) is 0 Å². The van der Waals surface area contributed by atoms with E-state index >= 15 is 0 Å². The highest BCUT2D eigenvalue weighted by Crippen LogP contribution is 2.25. The van der Waals surface area contributed by atoms with Crippen LogP contribution in [0.3, 0.4) is 0 Å². The number of benzene rings is 1. The van der Waals surface area contributed by atoms with Crippen molar-refractivity contribution in [2.45, 2.75) is 26.7 Å². The number of anilines is 1. The predicted molar refractivity (Wildman–Crippen MR) is 87.0 cm³/mol. The molecule has 1 aromatic carbocycles. The van der Waals surface area contributed by atoms with Crippen LogP contribution in [0.15, 0.2) is 24.3 Å². The van der Waals surface area contributed by atoms with Crippen molar-refractivity contribution in [3.8, 4) is 0 Å². The minimum absolute atomic E-state index is 0.220. The molecule has 0 amide bonds. The molecule has 6 heteroatoms. The third-order valence-corrected chi connectivity index (χ3v) is 4.09. The lowest BCUT2D eigenvalue weighted by molar-refractivity contribution is 0.258. The van der Waals surface area contributed by atoms with Crippen molar-refractivity contribution in [2.75, 3.05) is 18.5 Å². The molecule has 0 bridgehead atoms. The monoisotopic (exact) mass is 299 g/mol. The van der Waals surface area contributed by atoms with Gasteiger partial charge in [0, 0.05) is 23.9 Å². The van der Waals surface area contributed by atoms with Crippen LogP contribution in [-0.2, 0) is 0 Å². The summed E-state index contributed by atoms with van der Waals surface area (Å²) in [5.41, 5.74) is 0.779. The maximum absolute atomic E-state index is 9.12. The second kappa shape index (κ2) is 6.27. The van der Waals surface area contributed by atoms with Crippen molar-refractivity contribution >= 4 is 22.2 Å². The van der Waals surface area contributed by atoms with Gasteiger partial charge in [-0.15, -0.1) is 15.3 Å². The number of fused-ring (bicyclic) bond motifs is 3. The number of aliphatic hydroxyl groups is 1. The number of hydrogen-bond acceptors (Lipinski definition) is 5. The van der Waals surface area contributed by atoms with Crippen LogP contribution in [0.2, 0.25) is 0 Å². The summed E-state index contributed by atoms with van der Waals surface area (Å²) < 4.78 is 1.78. The van der Waals surface area contributed by atoms with Crippen molar-refractivity contribution in [2.24, 2.45) is 5.92 Å². The number of nitrogens with zero attached hydrogens (tertiary/aromatic N) is 4. The molecule has 1 unspecified atom stereocenters. The van der Waals surface area contributed by atoms with Crippen molar-refractivity contribution in [1.82, 2.24) is 19.8 Å². The molecule has 116 valence electrons. The first-order valence-corrected chi connectivity index (χ1v) is 7.70. The lowest BCUT2D eigenvalue weighted by atomic mass is 10.0. The van der Waals surface area contributed by atoms with E-state index in [1.165, 1.54) is 0 Å². The molecule has 6 nitrogen and oxygen atoms in total. The number of aliphatic hydroxyl groups excluding tert-OH is 1. The summed E-state index contributed by atoms with van der Waals surface area (Å²) >= 11 is 0. The van der Waals surface area contributed by atoms with E-state index in [2.05, 4.69) is 27.5 Å². The van der Waals surface area contributed by atoms with Crippen LogP contribution >= 0.6 is 0 Å². The van der Waals surface area contributed by atoms with Crippen LogP contribution in [0.5, 0.6) is 0 Å². The molecular formula is C16H21N5O. The minimum atomic E-state index is 0.220. The highest BCUT2D eigenvalue weighted by Gasteiger charge is 2.13. The summed E-state index contributed by atoms with van der Waals surface area (Å²) in [6, 6.07) is 8.08. The van der Waals surface area contributed by atoms with Gasteiger partial charge in [-0.05, 0) is 19.3 Å². The second-order valence-corrected chi connectivity index (χ2v) is 5.54. The Hall–Kier alpha value is -2.21. The zero-order valence-electron chi connectivity index (χ0n) is 13.0. The molecule has 3 rings (SSSR count). The van der Waals surface area contributed by atoms with Gasteiger partial charge in [-0.2, -0.15) is 4.52 Å². The smallest absolute Gasteiger partial charge is 0.185 e. The van der Waals surface area contributed by atoms with Gasteiger partial charge >= 0.3 is 0 Å². The third-order valence-electron chi connectivity index (χ3n) is 4.09. The summed E-state index contributed by atoms with van der Waals surface area (Å²) in [5, 5.41) is 27.6. The van der Waals surface area contributed by atoms with E-state index in [0.717, 1.165) is 47.4 Å². The van der Waals surface area contributed by atoms with Gasteiger partial charge in [0.05, 0.1) is 0 Å². The van der Waals surface area contributed by atoms with Gasteiger partial charge in [0.15, 0.2) is 17.3 Å². The van der Waals surface area contributed by atoms with E-state index in [9.17, 15) is 0 Å². The molecule has 0 aliphatic carbocycles. The topological polar surface area (TPSA) is 75.3 Å². The van der Waals surface area contributed by atoms with E-state index in [4.69, 9.17) is 5.11 Å². The Morgan fingerprint density at radius 3 is 2.73 bits per heavy atom. The number of aryl methyl sites for hydroxylation is 1. The maximum Gasteiger partial charge on any atom is 0.185 e. The number of aromatic nitrogens is 4. The lowest BCUT2D eigenvalue weighted by Gasteiger charge is -2.16. The second-order valence-electron chi connectivity index (χ2n) is 5.54. The minimum Gasteiger partial charge on any atom is -0.396 e. The molecule has 0 saturated heterocycles. The Morgan fingerprint density at radius 1 is 1.23 bits per heavy atom. The van der Waals surface area contributed by atoms with Crippen molar-refractivity contribution in [1.29, 1.82) is 0 Å². The molecule has 0 saturated carbocycles. The average molecular weight is 299 g/mol. The molecule has 2 N–H and O–H groups in total. The van der Waals surface area contributed by atoms with E-state index in [1.54, 1.807) is 4.52 Å².